The zero-order valence-electron chi connectivity index (χ0n) is 10.9. The molecule has 2 rings (SSSR count). The van der Waals surface area contributed by atoms with E-state index in [9.17, 15) is 4.39 Å². The van der Waals surface area contributed by atoms with Gasteiger partial charge in [-0.3, -0.25) is 11.3 Å². The normalized spacial score (nSPS) is 12.3. The van der Waals surface area contributed by atoms with Crippen LogP contribution in [0.5, 0.6) is 0 Å². The Labute approximate surface area is 131 Å². The highest BCUT2D eigenvalue weighted by molar-refractivity contribution is 9.10. The number of halogens is 2. The summed E-state index contributed by atoms with van der Waals surface area (Å²) in [5.41, 5.74) is 4.00. The SMILES string of the molecule is NNC(CSc1ccccc1F)Cc1ccc(Br)cc1. The number of hydrogen-bond donors (Lipinski definition) is 2. The maximum absolute atomic E-state index is 13.5. The van der Waals surface area contributed by atoms with Crippen LogP contribution in [0.1, 0.15) is 5.56 Å². The van der Waals surface area contributed by atoms with E-state index in [1.165, 1.54) is 23.4 Å². The number of hydrogen-bond acceptors (Lipinski definition) is 3. The first-order valence-corrected chi connectivity index (χ1v) is 8.05. The van der Waals surface area contributed by atoms with Gasteiger partial charge in [-0.2, -0.15) is 0 Å². The number of benzene rings is 2. The molecule has 20 heavy (non-hydrogen) atoms. The third-order valence-corrected chi connectivity index (χ3v) is 4.65. The largest absolute Gasteiger partial charge is 0.271 e. The summed E-state index contributed by atoms with van der Waals surface area (Å²) in [7, 11) is 0. The van der Waals surface area contributed by atoms with Gasteiger partial charge in [0.2, 0.25) is 0 Å². The van der Waals surface area contributed by atoms with Crippen LogP contribution in [0.4, 0.5) is 4.39 Å². The monoisotopic (exact) mass is 354 g/mol. The first kappa shape index (κ1) is 15.5. The Hall–Kier alpha value is -0.880. The molecule has 0 aromatic heterocycles. The van der Waals surface area contributed by atoms with Gasteiger partial charge in [0.1, 0.15) is 5.82 Å². The molecule has 0 saturated heterocycles. The molecule has 106 valence electrons. The van der Waals surface area contributed by atoms with Crippen LogP contribution >= 0.6 is 27.7 Å². The van der Waals surface area contributed by atoms with Crippen molar-refractivity contribution in [2.24, 2.45) is 5.84 Å². The molecule has 1 atom stereocenters. The summed E-state index contributed by atoms with van der Waals surface area (Å²) < 4.78 is 14.6. The summed E-state index contributed by atoms with van der Waals surface area (Å²) in [6.45, 7) is 0. The second-order valence-electron chi connectivity index (χ2n) is 4.44. The Bertz CT molecular complexity index is 548. The van der Waals surface area contributed by atoms with Gasteiger partial charge in [-0.25, -0.2) is 4.39 Å². The molecule has 0 radical (unpaired) electrons. The molecule has 0 aliphatic rings. The third-order valence-electron chi connectivity index (χ3n) is 2.91. The minimum atomic E-state index is -0.183. The van der Waals surface area contributed by atoms with Gasteiger partial charge in [-0.05, 0) is 36.2 Å². The van der Waals surface area contributed by atoms with Gasteiger partial charge >= 0.3 is 0 Å². The predicted molar refractivity (Wildman–Crippen MR) is 86.1 cm³/mol. The van der Waals surface area contributed by atoms with Crippen LogP contribution in [-0.4, -0.2) is 11.8 Å². The molecule has 1 unspecified atom stereocenters. The van der Waals surface area contributed by atoms with Gasteiger partial charge in [-0.1, -0.05) is 40.2 Å². The molecule has 5 heteroatoms. The fraction of sp³-hybridized carbons (Fsp3) is 0.200. The molecule has 3 N–H and O–H groups in total. The van der Waals surface area contributed by atoms with Crippen molar-refractivity contribution in [3.8, 4) is 0 Å². The summed E-state index contributed by atoms with van der Waals surface area (Å²) in [6.07, 6.45) is 0.811. The fourth-order valence-corrected chi connectivity index (χ4v) is 3.06. The second kappa shape index (κ2) is 7.78. The highest BCUT2D eigenvalue weighted by Gasteiger charge is 2.10. The van der Waals surface area contributed by atoms with E-state index in [1.807, 2.05) is 18.2 Å². The maximum Gasteiger partial charge on any atom is 0.136 e. The lowest BCUT2D eigenvalue weighted by Gasteiger charge is -2.15. The molecule has 0 aliphatic heterocycles. The summed E-state index contributed by atoms with van der Waals surface area (Å²) in [4.78, 5) is 0.656. The molecule has 0 bridgehead atoms. The average molecular weight is 355 g/mol. The van der Waals surface area contributed by atoms with Gasteiger partial charge < -0.3 is 0 Å². The Kier molecular flexibility index (Phi) is 6.04. The van der Waals surface area contributed by atoms with Crippen molar-refractivity contribution in [2.75, 3.05) is 5.75 Å². The molecule has 2 aromatic rings. The molecule has 2 nitrogen and oxygen atoms in total. The van der Waals surface area contributed by atoms with E-state index in [2.05, 4.69) is 33.5 Å². The second-order valence-corrected chi connectivity index (χ2v) is 6.41. The molecule has 0 fully saturated rings. The van der Waals surface area contributed by atoms with E-state index in [0.29, 0.717) is 10.6 Å². The van der Waals surface area contributed by atoms with Crippen LogP contribution in [0, 0.1) is 5.82 Å². The van der Waals surface area contributed by atoms with Crippen LogP contribution in [0.3, 0.4) is 0 Å². The summed E-state index contributed by atoms with van der Waals surface area (Å²) in [6, 6.07) is 15.0. The van der Waals surface area contributed by atoms with E-state index in [0.717, 1.165) is 10.9 Å². The first-order valence-electron chi connectivity index (χ1n) is 6.27. The van der Waals surface area contributed by atoms with E-state index in [4.69, 9.17) is 5.84 Å². The molecular formula is C15H16BrFN2S. The minimum Gasteiger partial charge on any atom is -0.271 e. The van der Waals surface area contributed by atoms with Gasteiger partial charge in [0.25, 0.3) is 0 Å². The molecule has 0 aliphatic carbocycles. The summed E-state index contributed by atoms with van der Waals surface area (Å²) >= 11 is 4.89. The van der Waals surface area contributed by atoms with Gasteiger partial charge in [-0.15, -0.1) is 11.8 Å². The van der Waals surface area contributed by atoms with Crippen molar-refractivity contribution in [1.82, 2.24) is 5.43 Å². The van der Waals surface area contributed by atoms with Crippen LogP contribution in [0.25, 0.3) is 0 Å². The summed E-state index contributed by atoms with van der Waals surface area (Å²) in [5, 5.41) is 0. The number of hydrazine groups is 1. The lowest BCUT2D eigenvalue weighted by Crippen LogP contribution is -2.38. The van der Waals surface area contributed by atoms with E-state index < -0.39 is 0 Å². The third kappa shape index (κ3) is 4.59. The van der Waals surface area contributed by atoms with Crippen LogP contribution in [0.2, 0.25) is 0 Å². The number of nitrogens with two attached hydrogens (primary N) is 1. The van der Waals surface area contributed by atoms with Gasteiger partial charge in [0, 0.05) is 21.2 Å². The van der Waals surface area contributed by atoms with E-state index >= 15 is 0 Å². The Morgan fingerprint density at radius 3 is 2.50 bits per heavy atom. The lowest BCUT2D eigenvalue weighted by molar-refractivity contribution is 0.573. The Morgan fingerprint density at radius 2 is 1.85 bits per heavy atom. The standard InChI is InChI=1S/C15H16BrFN2S/c16-12-7-5-11(6-8-12)9-13(19-18)10-20-15-4-2-1-3-14(15)17/h1-8,13,19H,9-10,18H2. The van der Waals surface area contributed by atoms with Crippen molar-refractivity contribution < 1.29 is 4.39 Å². The smallest absolute Gasteiger partial charge is 0.136 e. The quantitative estimate of drug-likeness (QED) is 0.471. The Morgan fingerprint density at radius 1 is 1.15 bits per heavy atom. The van der Waals surface area contributed by atoms with Gasteiger partial charge in [0.15, 0.2) is 0 Å². The zero-order chi connectivity index (χ0) is 14.4. The zero-order valence-corrected chi connectivity index (χ0v) is 13.3. The van der Waals surface area contributed by atoms with Gasteiger partial charge in [0.05, 0.1) is 0 Å². The maximum atomic E-state index is 13.5. The highest BCUT2D eigenvalue weighted by atomic mass is 79.9. The van der Waals surface area contributed by atoms with Crippen molar-refractivity contribution >= 4 is 27.7 Å². The minimum absolute atomic E-state index is 0.0979. The topological polar surface area (TPSA) is 38.0 Å². The Balaban J connectivity index is 1.92. The number of rotatable bonds is 6. The molecular weight excluding hydrogens is 339 g/mol. The fourth-order valence-electron chi connectivity index (χ4n) is 1.82. The van der Waals surface area contributed by atoms with Crippen molar-refractivity contribution in [1.29, 1.82) is 0 Å². The molecule has 0 amide bonds. The van der Waals surface area contributed by atoms with Crippen LogP contribution in [0.15, 0.2) is 57.9 Å². The molecule has 0 spiro atoms. The van der Waals surface area contributed by atoms with Crippen molar-refractivity contribution in [3.63, 3.8) is 0 Å². The number of nitrogens with one attached hydrogen (secondary N) is 1. The molecule has 2 aromatic carbocycles. The highest BCUT2D eigenvalue weighted by Crippen LogP contribution is 2.22. The van der Waals surface area contributed by atoms with Crippen molar-refractivity contribution in [3.05, 3.63) is 64.4 Å². The van der Waals surface area contributed by atoms with E-state index in [1.54, 1.807) is 12.1 Å². The predicted octanol–water partition coefficient (Wildman–Crippen LogP) is 3.75. The lowest BCUT2D eigenvalue weighted by atomic mass is 10.1. The first-order chi connectivity index (χ1) is 9.69. The van der Waals surface area contributed by atoms with Crippen LogP contribution < -0.4 is 11.3 Å². The van der Waals surface area contributed by atoms with Crippen molar-refractivity contribution in [2.45, 2.75) is 17.4 Å². The molecule has 0 saturated carbocycles. The molecule has 0 heterocycles. The summed E-state index contributed by atoms with van der Waals surface area (Å²) in [5.74, 6) is 6.12. The van der Waals surface area contributed by atoms with Crippen LogP contribution in [-0.2, 0) is 6.42 Å². The van der Waals surface area contributed by atoms with E-state index in [-0.39, 0.29) is 11.9 Å². The number of thioether (sulfide) groups is 1. The average Bonchev–Trinajstić information content (AvgIpc) is 2.47.